The number of hydrogen-bond acceptors (Lipinski definition) is 6. The molecule has 0 amide bonds. The number of carbonyl (C=O) groups is 2. The molecule has 0 bridgehead atoms. The molecule has 4 rings (SSSR count). The first kappa shape index (κ1) is 30.0. The highest BCUT2D eigenvalue weighted by molar-refractivity contribution is 7.89. The van der Waals surface area contributed by atoms with E-state index in [0.29, 0.717) is 30.5 Å². The molecule has 0 aliphatic carbocycles. The summed E-state index contributed by atoms with van der Waals surface area (Å²) < 4.78 is 48.5. The zero-order chi connectivity index (χ0) is 29.2. The van der Waals surface area contributed by atoms with E-state index < -0.39 is 45.1 Å². The van der Waals surface area contributed by atoms with Crippen LogP contribution >= 0.6 is 23.2 Å². The first-order valence-corrected chi connectivity index (χ1v) is 14.5. The first-order chi connectivity index (χ1) is 18.9. The summed E-state index contributed by atoms with van der Waals surface area (Å²) in [6, 6.07) is 11.7. The van der Waals surface area contributed by atoms with Gasteiger partial charge in [0.1, 0.15) is 17.0 Å². The monoisotopic (exact) mass is 608 g/mol. The van der Waals surface area contributed by atoms with Crippen LogP contribution in [0.25, 0.3) is 11.1 Å². The van der Waals surface area contributed by atoms with Gasteiger partial charge in [0.2, 0.25) is 10.0 Å². The third-order valence-corrected chi connectivity index (χ3v) is 8.89. The second kappa shape index (κ2) is 11.8. The maximum Gasteiger partial charge on any atom is 0.318 e. The minimum atomic E-state index is -4.42. The van der Waals surface area contributed by atoms with Crippen LogP contribution in [0, 0.1) is 11.2 Å². The van der Waals surface area contributed by atoms with Crippen LogP contribution in [-0.2, 0) is 19.6 Å². The van der Waals surface area contributed by atoms with Crippen molar-refractivity contribution >= 4 is 45.0 Å². The predicted molar refractivity (Wildman–Crippen MR) is 150 cm³/mol. The van der Waals surface area contributed by atoms with Crippen molar-refractivity contribution in [2.24, 2.45) is 5.41 Å². The van der Waals surface area contributed by atoms with Crippen molar-refractivity contribution in [2.75, 3.05) is 13.7 Å². The number of sulfonamides is 1. The van der Waals surface area contributed by atoms with E-state index in [1.54, 1.807) is 12.1 Å². The molecule has 0 spiro atoms. The minimum Gasteiger partial charge on any atom is -0.496 e. The van der Waals surface area contributed by atoms with Crippen LogP contribution in [0.5, 0.6) is 5.75 Å². The summed E-state index contributed by atoms with van der Waals surface area (Å²) in [4.78, 5) is 26.2. The van der Waals surface area contributed by atoms with E-state index in [1.807, 2.05) is 0 Å². The molecule has 1 saturated heterocycles. The number of ketones is 1. The van der Waals surface area contributed by atoms with Crippen molar-refractivity contribution in [1.29, 1.82) is 0 Å². The van der Waals surface area contributed by atoms with E-state index in [9.17, 15) is 27.5 Å². The molecule has 3 aromatic rings. The van der Waals surface area contributed by atoms with E-state index in [-0.39, 0.29) is 26.3 Å². The van der Waals surface area contributed by atoms with Gasteiger partial charge >= 0.3 is 5.97 Å². The lowest BCUT2D eigenvalue weighted by Gasteiger charge is -2.35. The summed E-state index contributed by atoms with van der Waals surface area (Å²) in [6.07, 6.45) is 1.10. The number of methoxy groups -OCH3 is 1. The molecule has 1 unspecified atom stereocenters. The summed E-state index contributed by atoms with van der Waals surface area (Å²) in [5.41, 5.74) is -0.817. The smallest absolute Gasteiger partial charge is 0.318 e. The van der Waals surface area contributed by atoms with Crippen LogP contribution in [0.2, 0.25) is 10.0 Å². The second-order valence-corrected chi connectivity index (χ2v) is 12.2. The number of nitrogens with one attached hydrogen (secondary N) is 2. The molecule has 1 aliphatic rings. The number of carboxylic acid groups (broad SMARTS) is 1. The molecular weight excluding hydrogens is 582 g/mol. The SMILES string of the molecule is COc1cc(F)ccc1-c1ccc([C@@H](NS(=O)(=O)c2cc(Cl)cc(Cl)c2)[C@](C)(C(=O)O)C(=O)C2CCCN2)cc1. The van der Waals surface area contributed by atoms with Crippen molar-refractivity contribution in [2.45, 2.75) is 36.7 Å². The molecule has 12 heteroatoms. The largest absolute Gasteiger partial charge is 0.496 e. The Morgan fingerprint density at radius 1 is 1.10 bits per heavy atom. The van der Waals surface area contributed by atoms with Gasteiger partial charge in [-0.15, -0.1) is 0 Å². The maximum absolute atomic E-state index is 13.7. The third-order valence-electron chi connectivity index (χ3n) is 7.05. The number of carbonyl (C=O) groups excluding carboxylic acids is 1. The van der Waals surface area contributed by atoms with Gasteiger partial charge in [-0.3, -0.25) is 9.59 Å². The fourth-order valence-corrected chi connectivity index (χ4v) is 6.86. The van der Waals surface area contributed by atoms with Crippen LogP contribution in [0.15, 0.2) is 65.6 Å². The van der Waals surface area contributed by atoms with Gasteiger partial charge in [0.05, 0.1) is 24.1 Å². The van der Waals surface area contributed by atoms with Gasteiger partial charge in [0.15, 0.2) is 5.78 Å². The van der Waals surface area contributed by atoms with Crippen LogP contribution in [0.4, 0.5) is 4.39 Å². The molecule has 212 valence electrons. The highest BCUT2D eigenvalue weighted by Gasteiger charge is 2.52. The summed E-state index contributed by atoms with van der Waals surface area (Å²) in [7, 11) is -3.02. The Morgan fingerprint density at radius 3 is 2.30 bits per heavy atom. The van der Waals surface area contributed by atoms with E-state index in [0.717, 1.165) is 0 Å². The van der Waals surface area contributed by atoms with Gasteiger partial charge in [-0.1, -0.05) is 47.5 Å². The van der Waals surface area contributed by atoms with Crippen LogP contribution < -0.4 is 14.8 Å². The van der Waals surface area contributed by atoms with Crippen molar-refractivity contribution < 1.29 is 32.2 Å². The average molecular weight is 610 g/mol. The zero-order valence-electron chi connectivity index (χ0n) is 21.6. The van der Waals surface area contributed by atoms with Gasteiger partial charge < -0.3 is 15.2 Å². The van der Waals surface area contributed by atoms with Crippen molar-refractivity contribution in [3.8, 4) is 16.9 Å². The normalized spacial score (nSPS) is 17.7. The Balaban J connectivity index is 1.83. The third kappa shape index (κ3) is 6.01. The number of rotatable bonds is 10. The van der Waals surface area contributed by atoms with Gasteiger partial charge in [0.25, 0.3) is 0 Å². The number of hydrogen-bond donors (Lipinski definition) is 3. The predicted octanol–water partition coefficient (Wildman–Crippen LogP) is 5.24. The molecule has 1 aliphatic heterocycles. The van der Waals surface area contributed by atoms with E-state index in [4.69, 9.17) is 27.9 Å². The van der Waals surface area contributed by atoms with Crippen LogP contribution in [0.3, 0.4) is 0 Å². The molecule has 1 fully saturated rings. The topological polar surface area (TPSA) is 122 Å². The van der Waals surface area contributed by atoms with Gasteiger partial charge in [-0.25, -0.2) is 17.5 Å². The first-order valence-electron chi connectivity index (χ1n) is 12.3. The summed E-state index contributed by atoms with van der Waals surface area (Å²) in [5.74, 6) is -2.35. The Bertz CT molecular complexity index is 1520. The quantitative estimate of drug-likeness (QED) is 0.269. The number of ether oxygens (including phenoxy) is 1. The number of benzene rings is 3. The fraction of sp³-hybridized carbons (Fsp3) is 0.286. The number of aliphatic carboxylic acids is 1. The molecule has 3 aromatic carbocycles. The minimum absolute atomic E-state index is 0.0641. The molecule has 0 saturated carbocycles. The number of carboxylic acids is 1. The molecular formula is C28H27Cl2FN2O6S. The lowest BCUT2D eigenvalue weighted by atomic mass is 9.73. The lowest BCUT2D eigenvalue weighted by Crippen LogP contribution is -2.54. The molecule has 0 aromatic heterocycles. The molecule has 3 N–H and O–H groups in total. The van der Waals surface area contributed by atoms with Gasteiger partial charge in [-0.2, -0.15) is 0 Å². The van der Waals surface area contributed by atoms with Gasteiger partial charge in [-0.05, 0) is 67.8 Å². The standard InChI is InChI=1S/C28H27Cl2FN2O6S/c1-28(27(35)36,26(34)23-4-3-11-32-23)25(33-40(37,38)21-13-18(29)12-19(30)14-21)17-7-5-16(6-8-17)22-10-9-20(31)15-24(22)39-2/h5-10,12-15,23,25,32-33H,3-4,11H2,1-2H3,(H,35,36)/t23?,25-,28+/m1/s1. The zero-order valence-corrected chi connectivity index (χ0v) is 23.9. The maximum atomic E-state index is 13.7. The lowest BCUT2D eigenvalue weighted by molar-refractivity contribution is -0.156. The number of halogens is 3. The summed E-state index contributed by atoms with van der Waals surface area (Å²) >= 11 is 12.1. The molecule has 40 heavy (non-hydrogen) atoms. The van der Waals surface area contributed by atoms with Crippen LogP contribution in [0.1, 0.15) is 31.4 Å². The highest BCUT2D eigenvalue weighted by atomic mass is 35.5. The summed E-state index contributed by atoms with van der Waals surface area (Å²) in [6.45, 7) is 1.75. The molecule has 3 atom stereocenters. The van der Waals surface area contributed by atoms with E-state index in [2.05, 4.69) is 10.0 Å². The Labute approximate surface area is 241 Å². The van der Waals surface area contributed by atoms with E-state index >= 15 is 0 Å². The number of Topliss-reactive ketones (excluding diaryl/α,β-unsaturated/α-hetero) is 1. The van der Waals surface area contributed by atoms with Crippen LogP contribution in [-0.4, -0.2) is 45.0 Å². The fourth-order valence-electron chi connectivity index (χ4n) is 4.83. The van der Waals surface area contributed by atoms with E-state index in [1.165, 1.54) is 62.6 Å². The van der Waals surface area contributed by atoms with Crippen molar-refractivity contribution in [1.82, 2.24) is 10.0 Å². The summed E-state index contributed by atoms with van der Waals surface area (Å²) in [5, 5.41) is 13.5. The Kier molecular flexibility index (Phi) is 8.86. The molecule has 1 heterocycles. The molecule has 0 radical (unpaired) electrons. The van der Waals surface area contributed by atoms with Crippen molar-refractivity contribution in [3.05, 3.63) is 82.1 Å². The van der Waals surface area contributed by atoms with Gasteiger partial charge in [0, 0.05) is 21.7 Å². The highest BCUT2D eigenvalue weighted by Crippen LogP contribution is 2.40. The Hall–Kier alpha value is -3.02. The molecule has 8 nitrogen and oxygen atoms in total. The average Bonchev–Trinajstić information content (AvgIpc) is 3.45. The van der Waals surface area contributed by atoms with Crippen molar-refractivity contribution in [3.63, 3.8) is 0 Å². The Morgan fingerprint density at radius 2 is 1.75 bits per heavy atom. The second-order valence-electron chi connectivity index (χ2n) is 9.65.